The summed E-state index contributed by atoms with van der Waals surface area (Å²) >= 11 is 0. The standard InChI is InChI=1S/C11H14N2O2/c1-7(13)3-8-4-9(6-12)10(14)5-11(8)15-2/h4-5,7,14H,3,13H2,1-2H3. The lowest BCUT2D eigenvalue weighted by atomic mass is 10.0. The fourth-order valence-electron chi connectivity index (χ4n) is 1.40. The molecule has 0 saturated carbocycles. The Kier molecular flexibility index (Phi) is 3.53. The molecule has 1 atom stereocenters. The third-order valence-electron chi connectivity index (χ3n) is 2.06. The molecule has 0 aliphatic carbocycles. The van der Waals surface area contributed by atoms with Gasteiger partial charge in [0.25, 0.3) is 0 Å². The third kappa shape index (κ3) is 2.61. The lowest BCUT2D eigenvalue weighted by Crippen LogP contribution is -2.18. The zero-order valence-corrected chi connectivity index (χ0v) is 8.82. The predicted molar refractivity (Wildman–Crippen MR) is 56.7 cm³/mol. The number of aromatic hydroxyl groups is 1. The molecule has 0 aliphatic heterocycles. The summed E-state index contributed by atoms with van der Waals surface area (Å²) < 4.78 is 5.10. The van der Waals surface area contributed by atoms with E-state index in [0.29, 0.717) is 12.2 Å². The van der Waals surface area contributed by atoms with E-state index in [0.717, 1.165) is 5.56 Å². The molecular formula is C11H14N2O2. The molecule has 4 nitrogen and oxygen atoms in total. The number of benzene rings is 1. The van der Waals surface area contributed by atoms with Gasteiger partial charge in [-0.3, -0.25) is 0 Å². The molecule has 0 spiro atoms. The summed E-state index contributed by atoms with van der Waals surface area (Å²) in [5, 5.41) is 18.2. The van der Waals surface area contributed by atoms with Crippen LogP contribution in [0.25, 0.3) is 0 Å². The van der Waals surface area contributed by atoms with Gasteiger partial charge in [0.2, 0.25) is 0 Å². The van der Waals surface area contributed by atoms with E-state index in [1.54, 1.807) is 6.07 Å². The Balaban J connectivity index is 3.18. The van der Waals surface area contributed by atoms with Gasteiger partial charge in [-0.25, -0.2) is 0 Å². The number of phenols is 1. The second-order valence-corrected chi connectivity index (χ2v) is 3.47. The Morgan fingerprint density at radius 1 is 1.60 bits per heavy atom. The molecule has 0 fully saturated rings. The quantitative estimate of drug-likeness (QED) is 0.777. The summed E-state index contributed by atoms with van der Waals surface area (Å²) in [5.74, 6) is 0.492. The van der Waals surface area contributed by atoms with Crippen molar-refractivity contribution in [3.63, 3.8) is 0 Å². The van der Waals surface area contributed by atoms with Crippen molar-refractivity contribution in [2.24, 2.45) is 5.73 Å². The zero-order chi connectivity index (χ0) is 11.4. The molecule has 3 N–H and O–H groups in total. The zero-order valence-electron chi connectivity index (χ0n) is 8.82. The van der Waals surface area contributed by atoms with E-state index in [9.17, 15) is 5.11 Å². The van der Waals surface area contributed by atoms with Crippen molar-refractivity contribution in [2.45, 2.75) is 19.4 Å². The number of ether oxygens (including phenoxy) is 1. The smallest absolute Gasteiger partial charge is 0.137 e. The summed E-state index contributed by atoms with van der Waals surface area (Å²) in [6.07, 6.45) is 0.609. The van der Waals surface area contributed by atoms with Crippen LogP contribution in [0.2, 0.25) is 0 Å². The van der Waals surface area contributed by atoms with Crippen LogP contribution in [-0.2, 0) is 6.42 Å². The van der Waals surface area contributed by atoms with E-state index in [2.05, 4.69) is 0 Å². The fraction of sp³-hybridized carbons (Fsp3) is 0.364. The summed E-state index contributed by atoms with van der Waals surface area (Å²) in [5.41, 5.74) is 6.75. The van der Waals surface area contributed by atoms with Gasteiger partial charge in [0.05, 0.1) is 12.7 Å². The van der Waals surface area contributed by atoms with Gasteiger partial charge in [-0.1, -0.05) is 0 Å². The number of hydrogen-bond donors (Lipinski definition) is 2. The average molecular weight is 206 g/mol. The van der Waals surface area contributed by atoms with Crippen LogP contribution in [0.1, 0.15) is 18.1 Å². The number of phenolic OH excluding ortho intramolecular Hbond substituents is 1. The largest absolute Gasteiger partial charge is 0.506 e. The lowest BCUT2D eigenvalue weighted by molar-refractivity contribution is 0.401. The van der Waals surface area contributed by atoms with Crippen LogP contribution < -0.4 is 10.5 Å². The monoisotopic (exact) mass is 206 g/mol. The van der Waals surface area contributed by atoms with Gasteiger partial charge in [0, 0.05) is 12.1 Å². The molecule has 0 heterocycles. The van der Waals surface area contributed by atoms with Crippen LogP contribution in [0.15, 0.2) is 12.1 Å². The Morgan fingerprint density at radius 3 is 2.73 bits per heavy atom. The van der Waals surface area contributed by atoms with E-state index in [1.807, 2.05) is 13.0 Å². The molecule has 0 saturated heterocycles. The topological polar surface area (TPSA) is 79.3 Å². The normalized spacial score (nSPS) is 11.9. The Bertz CT molecular complexity index is 394. The highest BCUT2D eigenvalue weighted by Crippen LogP contribution is 2.28. The molecule has 1 aromatic carbocycles. The van der Waals surface area contributed by atoms with E-state index in [-0.39, 0.29) is 17.4 Å². The Morgan fingerprint density at radius 2 is 2.27 bits per heavy atom. The minimum absolute atomic E-state index is 0.0185. The molecule has 1 unspecified atom stereocenters. The highest BCUT2D eigenvalue weighted by atomic mass is 16.5. The highest BCUT2D eigenvalue weighted by molar-refractivity contribution is 5.51. The van der Waals surface area contributed by atoms with Crippen molar-refractivity contribution in [1.82, 2.24) is 0 Å². The van der Waals surface area contributed by atoms with Gasteiger partial charge in [-0.05, 0) is 25.0 Å². The van der Waals surface area contributed by atoms with Crippen molar-refractivity contribution >= 4 is 0 Å². The third-order valence-corrected chi connectivity index (χ3v) is 2.06. The molecule has 4 heteroatoms. The SMILES string of the molecule is COc1cc(O)c(C#N)cc1CC(C)N. The maximum Gasteiger partial charge on any atom is 0.137 e. The van der Waals surface area contributed by atoms with Gasteiger partial charge in [0.1, 0.15) is 17.6 Å². The van der Waals surface area contributed by atoms with Gasteiger partial charge < -0.3 is 15.6 Å². The molecule has 0 bridgehead atoms. The van der Waals surface area contributed by atoms with Gasteiger partial charge >= 0.3 is 0 Å². The Labute approximate surface area is 88.9 Å². The van der Waals surface area contributed by atoms with E-state index >= 15 is 0 Å². The van der Waals surface area contributed by atoms with Crippen molar-refractivity contribution in [3.05, 3.63) is 23.3 Å². The summed E-state index contributed by atoms with van der Waals surface area (Å²) in [7, 11) is 1.52. The van der Waals surface area contributed by atoms with Crippen molar-refractivity contribution < 1.29 is 9.84 Å². The van der Waals surface area contributed by atoms with E-state index < -0.39 is 0 Å². The van der Waals surface area contributed by atoms with E-state index in [1.165, 1.54) is 13.2 Å². The molecule has 1 rings (SSSR count). The molecule has 0 aliphatic rings. The molecule has 15 heavy (non-hydrogen) atoms. The molecule has 0 aromatic heterocycles. The minimum atomic E-state index is -0.0669. The summed E-state index contributed by atoms with van der Waals surface area (Å²) in [6.45, 7) is 1.87. The number of methoxy groups -OCH3 is 1. The van der Waals surface area contributed by atoms with Crippen LogP contribution in [-0.4, -0.2) is 18.3 Å². The van der Waals surface area contributed by atoms with Crippen molar-refractivity contribution in [2.75, 3.05) is 7.11 Å². The van der Waals surface area contributed by atoms with Gasteiger partial charge in [-0.15, -0.1) is 0 Å². The van der Waals surface area contributed by atoms with Crippen LogP contribution in [0.5, 0.6) is 11.5 Å². The lowest BCUT2D eigenvalue weighted by Gasteiger charge is -2.11. The molecule has 0 amide bonds. The number of nitrogens with two attached hydrogens (primary N) is 1. The first-order valence-electron chi connectivity index (χ1n) is 4.64. The van der Waals surface area contributed by atoms with Crippen LogP contribution in [0.4, 0.5) is 0 Å². The molecule has 80 valence electrons. The van der Waals surface area contributed by atoms with Crippen molar-refractivity contribution in [1.29, 1.82) is 5.26 Å². The molecule has 1 aromatic rings. The first-order valence-corrected chi connectivity index (χ1v) is 4.64. The number of rotatable bonds is 3. The number of nitriles is 1. The fourth-order valence-corrected chi connectivity index (χ4v) is 1.40. The van der Waals surface area contributed by atoms with Crippen LogP contribution in [0.3, 0.4) is 0 Å². The average Bonchev–Trinajstić information content (AvgIpc) is 2.19. The molecular weight excluding hydrogens is 192 g/mol. The van der Waals surface area contributed by atoms with Crippen LogP contribution >= 0.6 is 0 Å². The van der Waals surface area contributed by atoms with Gasteiger partial charge in [-0.2, -0.15) is 5.26 Å². The highest BCUT2D eigenvalue weighted by Gasteiger charge is 2.10. The number of nitrogens with zero attached hydrogens (tertiary/aromatic N) is 1. The van der Waals surface area contributed by atoms with E-state index in [4.69, 9.17) is 15.7 Å². The van der Waals surface area contributed by atoms with Crippen molar-refractivity contribution in [3.8, 4) is 17.6 Å². The minimum Gasteiger partial charge on any atom is -0.506 e. The first kappa shape index (κ1) is 11.3. The van der Waals surface area contributed by atoms with Crippen LogP contribution in [0, 0.1) is 11.3 Å². The predicted octanol–water partition coefficient (Wildman–Crippen LogP) is 1.16. The first-order chi connectivity index (χ1) is 7.08. The summed E-state index contributed by atoms with van der Waals surface area (Å²) in [6, 6.07) is 4.94. The summed E-state index contributed by atoms with van der Waals surface area (Å²) in [4.78, 5) is 0. The number of hydrogen-bond acceptors (Lipinski definition) is 4. The Hall–Kier alpha value is -1.73. The maximum atomic E-state index is 9.45. The second kappa shape index (κ2) is 4.67. The van der Waals surface area contributed by atoms with Gasteiger partial charge in [0.15, 0.2) is 0 Å². The molecule has 0 radical (unpaired) electrons. The second-order valence-electron chi connectivity index (χ2n) is 3.47. The maximum absolute atomic E-state index is 9.45.